The summed E-state index contributed by atoms with van der Waals surface area (Å²) in [7, 11) is 0. The van der Waals surface area contributed by atoms with Crippen LogP contribution in [-0.2, 0) is 11.2 Å². The van der Waals surface area contributed by atoms with Gasteiger partial charge in [-0.2, -0.15) is 11.8 Å². The van der Waals surface area contributed by atoms with Gasteiger partial charge in [0.05, 0.1) is 17.4 Å². The molecule has 0 N–H and O–H groups in total. The maximum absolute atomic E-state index is 12.3. The van der Waals surface area contributed by atoms with Crippen LogP contribution in [0.4, 0.5) is 0 Å². The average molecular weight is 298 g/mol. The first kappa shape index (κ1) is 12.6. The molecule has 1 aliphatic heterocycles. The van der Waals surface area contributed by atoms with Crippen LogP contribution < -0.4 is 0 Å². The number of hydrogen-bond donors (Lipinski definition) is 0. The number of thiazole rings is 1. The minimum Gasteiger partial charge on any atom is -0.298 e. The lowest BCUT2D eigenvalue weighted by atomic mass is 10.1. The Morgan fingerprint density at radius 3 is 3.11 bits per heavy atom. The molecule has 3 nitrogen and oxygen atoms in total. The number of imidazole rings is 1. The Bertz CT molecular complexity index is 534. The number of nitrogens with zero attached hydrogens (tertiary/aromatic N) is 2. The van der Waals surface area contributed by atoms with E-state index in [0.29, 0.717) is 17.5 Å². The van der Waals surface area contributed by atoms with Gasteiger partial charge < -0.3 is 0 Å². The molecule has 0 saturated carbocycles. The van der Waals surface area contributed by atoms with Gasteiger partial charge in [-0.1, -0.05) is 6.92 Å². The van der Waals surface area contributed by atoms with Gasteiger partial charge >= 0.3 is 0 Å². The van der Waals surface area contributed by atoms with Gasteiger partial charge in [0.2, 0.25) is 0 Å². The highest BCUT2D eigenvalue weighted by molar-refractivity contribution is 8.07. The normalized spacial score (nSPS) is 24.5. The second-order valence-electron chi connectivity index (χ2n) is 4.34. The minimum atomic E-state index is 0.142. The zero-order valence-corrected chi connectivity index (χ0v) is 12.5. The zero-order chi connectivity index (χ0) is 12.5. The van der Waals surface area contributed by atoms with Crippen LogP contribution in [0, 0.1) is 0 Å². The number of carbonyl (C=O) groups excluding carboxylic acids is 1. The molecule has 1 aliphatic rings. The standard InChI is InChI=1S/C12H14N2OS3/c1-8-11(17-5-4-16-8)10(15)6-9-7-14-2-3-18-12(14)13-9/h2-3,7-8,11H,4-6H2,1H3. The van der Waals surface area contributed by atoms with Crippen LogP contribution in [0.2, 0.25) is 0 Å². The lowest BCUT2D eigenvalue weighted by Gasteiger charge is -2.26. The number of ketones is 1. The quantitative estimate of drug-likeness (QED) is 0.872. The van der Waals surface area contributed by atoms with E-state index in [4.69, 9.17) is 0 Å². The van der Waals surface area contributed by atoms with Crippen LogP contribution in [0.15, 0.2) is 17.8 Å². The summed E-state index contributed by atoms with van der Waals surface area (Å²) in [5.74, 6) is 2.57. The summed E-state index contributed by atoms with van der Waals surface area (Å²) in [4.78, 5) is 17.7. The molecule has 3 rings (SSSR count). The summed E-state index contributed by atoms with van der Waals surface area (Å²) >= 11 is 5.31. The number of carbonyl (C=O) groups is 1. The number of aromatic nitrogens is 2. The Labute approximate surface area is 118 Å². The van der Waals surface area contributed by atoms with Crippen molar-refractivity contribution in [3.8, 4) is 0 Å². The lowest BCUT2D eigenvalue weighted by molar-refractivity contribution is -0.117. The molecule has 18 heavy (non-hydrogen) atoms. The van der Waals surface area contributed by atoms with E-state index in [1.165, 1.54) is 0 Å². The Hall–Kier alpha value is -0.460. The highest BCUT2D eigenvalue weighted by atomic mass is 32.2. The number of Topliss-reactive ketones (excluding diaryl/α,β-unsaturated/α-hetero) is 1. The molecule has 1 saturated heterocycles. The van der Waals surface area contributed by atoms with Crippen molar-refractivity contribution in [1.29, 1.82) is 0 Å². The van der Waals surface area contributed by atoms with Gasteiger partial charge in [-0.05, 0) is 0 Å². The second kappa shape index (κ2) is 5.27. The van der Waals surface area contributed by atoms with E-state index in [0.717, 1.165) is 22.2 Å². The topological polar surface area (TPSA) is 34.4 Å². The van der Waals surface area contributed by atoms with E-state index < -0.39 is 0 Å². The van der Waals surface area contributed by atoms with E-state index in [9.17, 15) is 4.79 Å². The molecule has 3 heterocycles. The third-order valence-corrected chi connectivity index (χ3v) is 6.91. The molecule has 2 unspecified atom stereocenters. The number of hydrogen-bond acceptors (Lipinski definition) is 5. The average Bonchev–Trinajstić information content (AvgIpc) is 2.90. The molecule has 0 aromatic carbocycles. The molecule has 96 valence electrons. The highest BCUT2D eigenvalue weighted by Gasteiger charge is 2.29. The van der Waals surface area contributed by atoms with Crippen LogP contribution in [0.3, 0.4) is 0 Å². The molecule has 0 amide bonds. The Balaban J connectivity index is 1.71. The molecule has 6 heteroatoms. The van der Waals surface area contributed by atoms with Gasteiger partial charge in [0.25, 0.3) is 0 Å². The van der Waals surface area contributed by atoms with Gasteiger partial charge in [0.1, 0.15) is 0 Å². The van der Waals surface area contributed by atoms with Crippen molar-refractivity contribution in [2.24, 2.45) is 0 Å². The third-order valence-electron chi connectivity index (χ3n) is 3.00. The highest BCUT2D eigenvalue weighted by Crippen LogP contribution is 2.32. The van der Waals surface area contributed by atoms with E-state index in [-0.39, 0.29) is 5.25 Å². The van der Waals surface area contributed by atoms with Crippen molar-refractivity contribution in [2.75, 3.05) is 11.5 Å². The molecule has 2 aromatic heterocycles. The maximum Gasteiger partial charge on any atom is 0.193 e. The van der Waals surface area contributed by atoms with Gasteiger partial charge in [-0.15, -0.1) is 23.1 Å². The van der Waals surface area contributed by atoms with Crippen molar-refractivity contribution in [3.63, 3.8) is 0 Å². The first-order valence-electron chi connectivity index (χ1n) is 5.91. The predicted molar refractivity (Wildman–Crippen MR) is 79.9 cm³/mol. The summed E-state index contributed by atoms with van der Waals surface area (Å²) in [5, 5.41) is 2.58. The molecule has 2 atom stereocenters. The van der Waals surface area contributed by atoms with Crippen LogP contribution in [0.5, 0.6) is 0 Å². The maximum atomic E-state index is 12.3. The van der Waals surface area contributed by atoms with Crippen molar-refractivity contribution in [1.82, 2.24) is 9.38 Å². The van der Waals surface area contributed by atoms with Crippen molar-refractivity contribution in [2.45, 2.75) is 23.8 Å². The van der Waals surface area contributed by atoms with Gasteiger partial charge in [0, 0.05) is 34.5 Å². The third kappa shape index (κ3) is 2.46. The molecule has 0 bridgehead atoms. The Morgan fingerprint density at radius 1 is 1.50 bits per heavy atom. The van der Waals surface area contributed by atoms with Gasteiger partial charge in [-0.25, -0.2) is 4.98 Å². The van der Waals surface area contributed by atoms with Crippen molar-refractivity contribution < 1.29 is 4.79 Å². The first-order valence-corrected chi connectivity index (χ1v) is 8.89. The fourth-order valence-corrected chi connectivity index (χ4v) is 5.58. The summed E-state index contributed by atoms with van der Waals surface area (Å²) in [6.45, 7) is 2.16. The smallest absolute Gasteiger partial charge is 0.193 e. The largest absolute Gasteiger partial charge is 0.298 e. The van der Waals surface area contributed by atoms with Crippen molar-refractivity contribution in [3.05, 3.63) is 23.5 Å². The van der Waals surface area contributed by atoms with Gasteiger partial charge in [0.15, 0.2) is 10.7 Å². The molecule has 0 radical (unpaired) electrons. The number of fused-ring (bicyclic) bond motifs is 1. The number of thioether (sulfide) groups is 2. The van der Waals surface area contributed by atoms with E-state index in [1.54, 1.807) is 23.1 Å². The van der Waals surface area contributed by atoms with Crippen LogP contribution in [0.1, 0.15) is 12.6 Å². The van der Waals surface area contributed by atoms with Gasteiger partial charge in [-0.3, -0.25) is 9.20 Å². The summed E-state index contributed by atoms with van der Waals surface area (Å²) in [5.41, 5.74) is 0.898. The Morgan fingerprint density at radius 2 is 2.33 bits per heavy atom. The van der Waals surface area contributed by atoms with E-state index in [1.807, 2.05) is 33.9 Å². The van der Waals surface area contributed by atoms with Crippen LogP contribution >= 0.6 is 34.9 Å². The summed E-state index contributed by atoms with van der Waals surface area (Å²) in [6.07, 6.45) is 4.42. The monoisotopic (exact) mass is 298 g/mol. The molecular weight excluding hydrogens is 284 g/mol. The minimum absolute atomic E-state index is 0.142. The van der Waals surface area contributed by atoms with E-state index >= 15 is 0 Å². The second-order valence-corrected chi connectivity index (χ2v) is 7.94. The molecule has 0 spiro atoms. The summed E-state index contributed by atoms with van der Waals surface area (Å²) < 4.78 is 1.99. The van der Waals surface area contributed by atoms with Crippen LogP contribution in [-0.4, -0.2) is 37.2 Å². The number of rotatable bonds is 3. The van der Waals surface area contributed by atoms with Crippen molar-refractivity contribution >= 4 is 45.6 Å². The molecule has 0 aliphatic carbocycles. The summed E-state index contributed by atoms with van der Waals surface area (Å²) in [6, 6.07) is 0. The first-order chi connectivity index (χ1) is 8.74. The van der Waals surface area contributed by atoms with Crippen LogP contribution in [0.25, 0.3) is 4.96 Å². The Kier molecular flexibility index (Phi) is 3.68. The molecule has 2 aromatic rings. The van der Waals surface area contributed by atoms with E-state index in [2.05, 4.69) is 11.9 Å². The predicted octanol–water partition coefficient (Wildman–Crippen LogP) is 2.74. The fourth-order valence-electron chi connectivity index (χ4n) is 2.13. The zero-order valence-electron chi connectivity index (χ0n) is 10.0. The fraction of sp³-hybridized carbons (Fsp3) is 0.500. The SMILES string of the molecule is CC1SCCSC1C(=O)Cc1cn2ccsc2n1. The lowest BCUT2D eigenvalue weighted by Crippen LogP contribution is -2.32. The molecular formula is C12H14N2OS3. The molecule has 1 fully saturated rings.